The molecule has 0 atom stereocenters. The first kappa shape index (κ1) is 14.3. The summed E-state index contributed by atoms with van der Waals surface area (Å²) in [6, 6.07) is 12.4. The molecule has 2 aromatic carbocycles. The predicted molar refractivity (Wildman–Crippen MR) is 77.3 cm³/mol. The molecule has 1 N–H and O–H groups in total. The summed E-state index contributed by atoms with van der Waals surface area (Å²) in [5.74, 6) is 0. The molecule has 102 valence electrons. The third-order valence-electron chi connectivity index (χ3n) is 2.71. The van der Waals surface area contributed by atoms with E-state index in [1.807, 2.05) is 12.1 Å². The summed E-state index contributed by atoms with van der Waals surface area (Å²) in [5.41, 5.74) is 1.07. The fourth-order valence-corrected chi connectivity index (χ4v) is 1.88. The molecule has 21 heavy (non-hydrogen) atoms. The van der Waals surface area contributed by atoms with Crippen molar-refractivity contribution in [1.82, 2.24) is 0 Å². The van der Waals surface area contributed by atoms with Crippen LogP contribution in [0.1, 0.15) is 11.1 Å². The van der Waals surface area contributed by atoms with Crippen molar-refractivity contribution in [3.63, 3.8) is 0 Å². The Hall–Kier alpha value is -3.09. The summed E-state index contributed by atoms with van der Waals surface area (Å²) in [5, 5.41) is 32.1. The minimum Gasteiger partial charge on any atom is -0.353 e. The molecule has 0 fully saturated rings. The maximum atomic E-state index is 10.7. The van der Waals surface area contributed by atoms with E-state index in [0.717, 1.165) is 0 Å². The number of benzene rings is 2. The zero-order chi connectivity index (χ0) is 15.4. The van der Waals surface area contributed by atoms with Gasteiger partial charge in [-0.1, -0.05) is 11.6 Å². The lowest BCUT2D eigenvalue weighted by atomic mass is 10.1. The van der Waals surface area contributed by atoms with Crippen LogP contribution in [0.3, 0.4) is 0 Å². The molecular weight excluding hydrogens is 292 g/mol. The largest absolute Gasteiger partial charge is 0.353 e. The number of non-ortho nitro benzene ring substituents is 1. The second kappa shape index (κ2) is 5.91. The van der Waals surface area contributed by atoms with Crippen LogP contribution >= 0.6 is 11.6 Å². The average molecular weight is 299 g/mol. The van der Waals surface area contributed by atoms with Gasteiger partial charge in [0.05, 0.1) is 27.4 Å². The first-order valence-corrected chi connectivity index (χ1v) is 6.08. The van der Waals surface area contributed by atoms with E-state index in [4.69, 9.17) is 22.1 Å². The van der Waals surface area contributed by atoms with Crippen molar-refractivity contribution in [2.45, 2.75) is 0 Å². The lowest BCUT2D eigenvalue weighted by Crippen LogP contribution is -1.97. The predicted octanol–water partition coefficient (Wildman–Crippen LogP) is 3.74. The molecule has 6 nitrogen and oxygen atoms in total. The van der Waals surface area contributed by atoms with Crippen molar-refractivity contribution in [2.24, 2.45) is 0 Å². The van der Waals surface area contributed by atoms with Crippen molar-refractivity contribution < 1.29 is 4.92 Å². The van der Waals surface area contributed by atoms with Crippen molar-refractivity contribution in [3.05, 3.63) is 62.7 Å². The molecule has 0 saturated heterocycles. The Morgan fingerprint density at radius 1 is 1.05 bits per heavy atom. The molecule has 0 heterocycles. The molecular formula is C14H7ClN4O2. The van der Waals surface area contributed by atoms with Gasteiger partial charge in [0.25, 0.3) is 5.69 Å². The van der Waals surface area contributed by atoms with Gasteiger partial charge in [-0.2, -0.15) is 10.5 Å². The van der Waals surface area contributed by atoms with E-state index in [1.54, 1.807) is 18.2 Å². The van der Waals surface area contributed by atoms with Gasteiger partial charge in [-0.15, -0.1) is 0 Å². The molecule has 0 unspecified atom stereocenters. The molecule has 0 bridgehead atoms. The fraction of sp³-hybridized carbons (Fsp3) is 0. The number of hydrogen-bond donors (Lipinski definition) is 1. The molecule has 0 aliphatic carbocycles. The lowest BCUT2D eigenvalue weighted by molar-refractivity contribution is -0.384. The highest BCUT2D eigenvalue weighted by molar-refractivity contribution is 6.30. The summed E-state index contributed by atoms with van der Waals surface area (Å²) in [6.07, 6.45) is 0. The highest BCUT2D eigenvalue weighted by atomic mass is 35.5. The van der Waals surface area contributed by atoms with E-state index in [1.165, 1.54) is 18.2 Å². The maximum Gasteiger partial charge on any atom is 0.270 e. The summed E-state index contributed by atoms with van der Waals surface area (Å²) >= 11 is 5.88. The van der Waals surface area contributed by atoms with Gasteiger partial charge in [0.2, 0.25) is 0 Å². The smallest absolute Gasteiger partial charge is 0.270 e. The van der Waals surface area contributed by atoms with Crippen LogP contribution in [0.4, 0.5) is 17.1 Å². The number of nitro benzene ring substituents is 1. The average Bonchev–Trinajstić information content (AvgIpc) is 2.47. The van der Waals surface area contributed by atoms with Crippen LogP contribution < -0.4 is 5.32 Å². The van der Waals surface area contributed by atoms with Crippen molar-refractivity contribution >= 4 is 28.7 Å². The van der Waals surface area contributed by atoms with Gasteiger partial charge in [0, 0.05) is 17.2 Å². The summed E-state index contributed by atoms with van der Waals surface area (Å²) in [7, 11) is 0. The van der Waals surface area contributed by atoms with Gasteiger partial charge in [0.15, 0.2) is 0 Å². The fourth-order valence-electron chi connectivity index (χ4n) is 1.71. The van der Waals surface area contributed by atoms with Gasteiger partial charge in [-0.25, -0.2) is 0 Å². The van der Waals surface area contributed by atoms with Gasteiger partial charge in [0.1, 0.15) is 12.1 Å². The molecule has 0 amide bonds. The monoisotopic (exact) mass is 298 g/mol. The Labute approximate surface area is 125 Å². The van der Waals surface area contributed by atoms with Gasteiger partial charge < -0.3 is 5.32 Å². The van der Waals surface area contributed by atoms with Crippen LogP contribution in [0.5, 0.6) is 0 Å². The van der Waals surface area contributed by atoms with E-state index in [-0.39, 0.29) is 11.3 Å². The Bertz CT molecular complexity index is 806. The molecule has 0 aliphatic heterocycles. The van der Waals surface area contributed by atoms with Crippen molar-refractivity contribution in [2.75, 3.05) is 5.32 Å². The van der Waals surface area contributed by atoms with Gasteiger partial charge in [-0.05, 0) is 24.3 Å². The van der Waals surface area contributed by atoms with Crippen LogP contribution in [0.2, 0.25) is 5.02 Å². The Morgan fingerprint density at radius 3 is 2.38 bits per heavy atom. The van der Waals surface area contributed by atoms with E-state index >= 15 is 0 Å². The summed E-state index contributed by atoms with van der Waals surface area (Å²) < 4.78 is 0. The molecule has 2 rings (SSSR count). The highest BCUT2D eigenvalue weighted by Gasteiger charge is 2.12. The Morgan fingerprint density at radius 2 is 1.76 bits per heavy atom. The normalized spacial score (nSPS) is 9.48. The molecule has 0 aromatic heterocycles. The van der Waals surface area contributed by atoms with Crippen LogP contribution in [-0.2, 0) is 0 Å². The first-order valence-electron chi connectivity index (χ1n) is 5.70. The lowest BCUT2D eigenvalue weighted by Gasteiger charge is -2.10. The minimum absolute atomic E-state index is 0.105. The van der Waals surface area contributed by atoms with Crippen molar-refractivity contribution in [3.8, 4) is 12.1 Å². The van der Waals surface area contributed by atoms with Gasteiger partial charge in [-0.3, -0.25) is 10.1 Å². The second-order valence-corrected chi connectivity index (χ2v) is 4.46. The van der Waals surface area contributed by atoms with Crippen LogP contribution in [0, 0.1) is 32.8 Å². The zero-order valence-corrected chi connectivity index (χ0v) is 11.3. The van der Waals surface area contributed by atoms with Gasteiger partial charge >= 0.3 is 0 Å². The Kier molecular flexibility index (Phi) is 4.03. The number of nitrogens with one attached hydrogen (secondary N) is 1. The Balaban J connectivity index is 2.46. The number of hydrogen-bond acceptors (Lipinski definition) is 5. The summed E-state index contributed by atoms with van der Waals surface area (Å²) in [6.45, 7) is 0. The molecule has 7 heteroatoms. The highest BCUT2D eigenvalue weighted by Crippen LogP contribution is 2.28. The topological polar surface area (TPSA) is 103 Å². The van der Waals surface area contributed by atoms with E-state index in [0.29, 0.717) is 22.0 Å². The third-order valence-corrected chi connectivity index (χ3v) is 2.94. The standard InChI is InChI=1S/C14H7ClN4O2/c15-11-2-1-9(7-16)14(6-11)18-13-4-3-12(19(20)21)5-10(13)8-17/h1-6,18H. The van der Waals surface area contributed by atoms with Crippen LogP contribution in [0.15, 0.2) is 36.4 Å². The minimum atomic E-state index is -0.579. The maximum absolute atomic E-state index is 10.7. The molecule has 2 aromatic rings. The number of nitriles is 2. The van der Waals surface area contributed by atoms with Crippen molar-refractivity contribution in [1.29, 1.82) is 10.5 Å². The molecule has 0 saturated carbocycles. The number of nitrogens with zero attached hydrogens (tertiary/aromatic N) is 3. The zero-order valence-electron chi connectivity index (χ0n) is 10.5. The van der Waals surface area contributed by atoms with Crippen LogP contribution in [-0.4, -0.2) is 4.92 Å². The number of nitro groups is 1. The SMILES string of the molecule is N#Cc1cc([N+](=O)[O-])ccc1Nc1cc(Cl)ccc1C#N. The molecule has 0 radical (unpaired) electrons. The number of halogens is 1. The number of anilines is 2. The first-order chi connectivity index (χ1) is 10.0. The molecule has 0 spiro atoms. The molecule has 0 aliphatic rings. The van der Waals surface area contributed by atoms with E-state index in [9.17, 15) is 10.1 Å². The van der Waals surface area contributed by atoms with E-state index in [2.05, 4.69) is 5.32 Å². The third kappa shape index (κ3) is 3.08. The van der Waals surface area contributed by atoms with E-state index < -0.39 is 4.92 Å². The quantitative estimate of drug-likeness (QED) is 0.687. The number of rotatable bonds is 3. The summed E-state index contributed by atoms with van der Waals surface area (Å²) in [4.78, 5) is 10.1. The second-order valence-electron chi connectivity index (χ2n) is 4.03. The van der Waals surface area contributed by atoms with Crippen LogP contribution in [0.25, 0.3) is 0 Å².